The number of aliphatic hydroxyl groups excluding tert-OH is 1. The van der Waals surface area contributed by atoms with Crippen LogP contribution in [-0.2, 0) is 6.61 Å². The van der Waals surface area contributed by atoms with Gasteiger partial charge in [0.2, 0.25) is 0 Å². The third-order valence-corrected chi connectivity index (χ3v) is 4.82. The molecule has 1 saturated heterocycles. The highest BCUT2D eigenvalue weighted by Gasteiger charge is 2.25. The molecule has 2 unspecified atom stereocenters. The highest BCUT2D eigenvalue weighted by molar-refractivity contribution is 5.91. The molecule has 0 aliphatic carbocycles. The Morgan fingerprint density at radius 1 is 1.15 bits per heavy atom. The number of hydrogen-bond donors (Lipinski definition) is 3. The number of aliphatic hydroxyl groups is 1. The van der Waals surface area contributed by atoms with Gasteiger partial charge in [0, 0.05) is 25.6 Å². The van der Waals surface area contributed by atoms with E-state index in [4.69, 9.17) is 9.15 Å². The Kier molecular flexibility index (Phi) is 5.09. The van der Waals surface area contributed by atoms with Gasteiger partial charge in [0.25, 0.3) is 5.91 Å². The summed E-state index contributed by atoms with van der Waals surface area (Å²) in [6, 6.07) is 17.4. The van der Waals surface area contributed by atoms with E-state index in [9.17, 15) is 9.90 Å². The van der Waals surface area contributed by atoms with Crippen molar-refractivity contribution in [1.82, 2.24) is 10.6 Å². The minimum absolute atomic E-state index is 0.0274. The van der Waals surface area contributed by atoms with E-state index in [1.165, 1.54) is 0 Å². The Morgan fingerprint density at radius 2 is 2.00 bits per heavy atom. The van der Waals surface area contributed by atoms with Crippen LogP contribution in [0.2, 0.25) is 0 Å². The first-order valence-electron chi connectivity index (χ1n) is 9.06. The zero-order valence-electron chi connectivity index (χ0n) is 14.9. The van der Waals surface area contributed by atoms with E-state index in [2.05, 4.69) is 16.7 Å². The molecule has 1 aromatic heterocycles. The predicted molar refractivity (Wildman–Crippen MR) is 102 cm³/mol. The SMILES string of the molecule is O=C(NCC1CNCC1O)c1ccc(COc2ccc3ccccc3c2)o1. The zero-order valence-corrected chi connectivity index (χ0v) is 14.9. The molecule has 1 aliphatic heterocycles. The van der Waals surface area contributed by atoms with Gasteiger partial charge in [0.05, 0.1) is 6.10 Å². The first-order chi connectivity index (χ1) is 13.2. The summed E-state index contributed by atoms with van der Waals surface area (Å²) in [7, 11) is 0. The maximum atomic E-state index is 12.2. The molecule has 3 aromatic rings. The summed E-state index contributed by atoms with van der Waals surface area (Å²) in [5.41, 5.74) is 0. The van der Waals surface area contributed by atoms with Gasteiger partial charge < -0.3 is 24.9 Å². The number of hydrogen-bond acceptors (Lipinski definition) is 5. The van der Waals surface area contributed by atoms with Crippen LogP contribution in [0.5, 0.6) is 5.75 Å². The molecule has 0 saturated carbocycles. The Balaban J connectivity index is 1.32. The fourth-order valence-corrected chi connectivity index (χ4v) is 3.23. The van der Waals surface area contributed by atoms with E-state index in [0.29, 0.717) is 25.4 Å². The topological polar surface area (TPSA) is 83.7 Å². The Labute approximate surface area is 157 Å². The number of rotatable bonds is 6. The molecule has 0 radical (unpaired) electrons. The van der Waals surface area contributed by atoms with Gasteiger partial charge >= 0.3 is 0 Å². The van der Waals surface area contributed by atoms with Crippen LogP contribution < -0.4 is 15.4 Å². The quantitative estimate of drug-likeness (QED) is 0.624. The monoisotopic (exact) mass is 366 g/mol. The van der Waals surface area contributed by atoms with Crippen LogP contribution in [0.4, 0.5) is 0 Å². The lowest BCUT2D eigenvalue weighted by Crippen LogP contribution is -2.34. The maximum absolute atomic E-state index is 12.2. The van der Waals surface area contributed by atoms with Gasteiger partial charge in [0.1, 0.15) is 18.1 Å². The first kappa shape index (κ1) is 17.6. The average Bonchev–Trinajstić information content (AvgIpc) is 3.33. The fourth-order valence-electron chi connectivity index (χ4n) is 3.23. The number of benzene rings is 2. The summed E-state index contributed by atoms with van der Waals surface area (Å²) in [5.74, 6) is 1.31. The van der Waals surface area contributed by atoms with E-state index in [0.717, 1.165) is 16.5 Å². The summed E-state index contributed by atoms with van der Waals surface area (Å²) in [4.78, 5) is 12.2. The highest BCUT2D eigenvalue weighted by Crippen LogP contribution is 2.21. The van der Waals surface area contributed by atoms with Gasteiger partial charge in [-0.3, -0.25) is 4.79 Å². The fraction of sp³-hybridized carbons (Fsp3) is 0.286. The molecule has 4 rings (SSSR count). The van der Waals surface area contributed by atoms with Crippen LogP contribution >= 0.6 is 0 Å². The number of carbonyl (C=O) groups excluding carboxylic acids is 1. The molecule has 6 heteroatoms. The molecule has 2 heterocycles. The average molecular weight is 366 g/mol. The molecule has 6 nitrogen and oxygen atoms in total. The second-order valence-corrected chi connectivity index (χ2v) is 6.76. The minimum Gasteiger partial charge on any atom is -0.486 e. The first-order valence-corrected chi connectivity index (χ1v) is 9.06. The van der Waals surface area contributed by atoms with E-state index in [1.807, 2.05) is 36.4 Å². The van der Waals surface area contributed by atoms with Crippen molar-refractivity contribution in [3.05, 3.63) is 66.1 Å². The molecule has 2 atom stereocenters. The van der Waals surface area contributed by atoms with Crippen molar-refractivity contribution < 1.29 is 19.1 Å². The number of fused-ring (bicyclic) bond motifs is 1. The molecule has 0 bridgehead atoms. The van der Waals surface area contributed by atoms with E-state index in [-0.39, 0.29) is 24.2 Å². The lowest BCUT2D eigenvalue weighted by atomic mass is 10.1. The van der Waals surface area contributed by atoms with Gasteiger partial charge in [-0.25, -0.2) is 0 Å². The van der Waals surface area contributed by atoms with Crippen LogP contribution in [-0.4, -0.2) is 36.8 Å². The molecule has 1 amide bonds. The summed E-state index contributed by atoms with van der Waals surface area (Å²) in [5, 5.41) is 17.9. The molecule has 1 aliphatic rings. The summed E-state index contributed by atoms with van der Waals surface area (Å²) in [6.07, 6.45) is -0.423. The van der Waals surface area contributed by atoms with Crippen molar-refractivity contribution in [2.24, 2.45) is 5.92 Å². The number of amides is 1. The number of carbonyl (C=O) groups is 1. The minimum atomic E-state index is -0.423. The predicted octanol–water partition coefficient (Wildman–Crippen LogP) is 2.32. The van der Waals surface area contributed by atoms with E-state index in [1.54, 1.807) is 12.1 Å². The second-order valence-electron chi connectivity index (χ2n) is 6.76. The maximum Gasteiger partial charge on any atom is 0.287 e. The molecule has 0 spiro atoms. The largest absolute Gasteiger partial charge is 0.486 e. The van der Waals surface area contributed by atoms with Crippen molar-refractivity contribution in [2.75, 3.05) is 19.6 Å². The molecule has 2 aromatic carbocycles. The lowest BCUT2D eigenvalue weighted by molar-refractivity contribution is 0.0896. The van der Waals surface area contributed by atoms with Crippen LogP contribution in [0.1, 0.15) is 16.3 Å². The van der Waals surface area contributed by atoms with Gasteiger partial charge in [-0.1, -0.05) is 30.3 Å². The van der Waals surface area contributed by atoms with Gasteiger partial charge in [-0.05, 0) is 35.0 Å². The van der Waals surface area contributed by atoms with Crippen LogP contribution in [0.25, 0.3) is 10.8 Å². The van der Waals surface area contributed by atoms with Gasteiger partial charge in [-0.2, -0.15) is 0 Å². The van der Waals surface area contributed by atoms with Crippen molar-refractivity contribution in [3.8, 4) is 5.75 Å². The summed E-state index contributed by atoms with van der Waals surface area (Å²) < 4.78 is 11.4. The van der Waals surface area contributed by atoms with Crippen molar-refractivity contribution in [3.63, 3.8) is 0 Å². The lowest BCUT2D eigenvalue weighted by Gasteiger charge is -2.13. The normalized spacial score (nSPS) is 19.3. The van der Waals surface area contributed by atoms with Gasteiger partial charge in [0.15, 0.2) is 5.76 Å². The second kappa shape index (κ2) is 7.82. The zero-order chi connectivity index (χ0) is 18.6. The Hall–Kier alpha value is -2.83. The van der Waals surface area contributed by atoms with Gasteiger partial charge in [-0.15, -0.1) is 0 Å². The third kappa shape index (κ3) is 4.13. The Bertz CT molecular complexity index is 937. The van der Waals surface area contributed by atoms with Crippen molar-refractivity contribution >= 4 is 16.7 Å². The number of ether oxygens (including phenoxy) is 1. The van der Waals surface area contributed by atoms with Crippen molar-refractivity contribution in [1.29, 1.82) is 0 Å². The van der Waals surface area contributed by atoms with Crippen LogP contribution in [0, 0.1) is 5.92 Å². The number of nitrogens with one attached hydrogen (secondary N) is 2. The standard InChI is InChI=1S/C21H22N2O4/c24-19-12-22-10-16(19)11-23-21(25)20-8-7-18(27-20)13-26-17-6-5-14-3-1-2-4-15(14)9-17/h1-9,16,19,22,24H,10-13H2,(H,23,25). The molecule has 1 fully saturated rings. The highest BCUT2D eigenvalue weighted by atomic mass is 16.5. The van der Waals surface area contributed by atoms with E-state index >= 15 is 0 Å². The molecular weight excluding hydrogens is 344 g/mol. The summed E-state index contributed by atoms with van der Waals surface area (Å²) >= 11 is 0. The smallest absolute Gasteiger partial charge is 0.287 e. The Morgan fingerprint density at radius 3 is 2.81 bits per heavy atom. The molecule has 3 N–H and O–H groups in total. The van der Waals surface area contributed by atoms with E-state index < -0.39 is 6.10 Å². The van der Waals surface area contributed by atoms with Crippen LogP contribution in [0.15, 0.2) is 59.0 Å². The van der Waals surface area contributed by atoms with Crippen LogP contribution in [0.3, 0.4) is 0 Å². The number of β-amino-alcohol motifs (C(OH)–C–C–N with tert-alkyl or cyclic N) is 1. The number of furan rings is 1. The third-order valence-electron chi connectivity index (χ3n) is 4.82. The van der Waals surface area contributed by atoms with Crippen molar-refractivity contribution in [2.45, 2.75) is 12.7 Å². The molecular formula is C21H22N2O4. The molecule has 27 heavy (non-hydrogen) atoms. The summed E-state index contributed by atoms with van der Waals surface area (Å²) in [6.45, 7) is 1.93. The molecule has 140 valence electrons.